The van der Waals surface area contributed by atoms with Crippen LogP contribution >= 0.6 is 0 Å². The van der Waals surface area contributed by atoms with E-state index in [4.69, 9.17) is 4.74 Å². The van der Waals surface area contributed by atoms with Crippen LogP contribution in [0.3, 0.4) is 0 Å². The second-order valence-corrected chi connectivity index (χ2v) is 6.46. The minimum atomic E-state index is -0.574. The minimum absolute atomic E-state index is 0.166. The first-order chi connectivity index (χ1) is 13.0. The fraction of sp³-hybridized carbons (Fsp3) is 0.400. The maximum Gasteiger partial charge on any atom is 0.341 e. The van der Waals surface area contributed by atoms with Gasteiger partial charge in [0.2, 0.25) is 0 Å². The predicted molar refractivity (Wildman–Crippen MR) is 98.8 cm³/mol. The lowest BCUT2D eigenvalue weighted by molar-refractivity contribution is 0.0526. The Morgan fingerprint density at radius 2 is 1.96 bits per heavy atom. The number of carbonyl (C=O) groups is 1. The third kappa shape index (κ3) is 4.24. The van der Waals surface area contributed by atoms with E-state index in [-0.39, 0.29) is 12.0 Å². The highest BCUT2D eigenvalue weighted by atomic mass is 19.1. The Kier molecular flexibility index (Phi) is 6.01. The monoisotopic (exact) mass is 375 g/mol. The van der Waals surface area contributed by atoms with Gasteiger partial charge in [-0.15, -0.1) is 0 Å². The van der Waals surface area contributed by atoms with Gasteiger partial charge in [0.05, 0.1) is 6.61 Å². The van der Waals surface area contributed by atoms with E-state index in [1.165, 1.54) is 12.1 Å². The topological polar surface area (TPSA) is 45.7 Å². The quantitative estimate of drug-likeness (QED) is 0.750. The number of aromatic nitrogens is 1. The first-order valence-corrected chi connectivity index (χ1v) is 9.07. The third-order valence-electron chi connectivity index (χ3n) is 4.86. The maximum absolute atomic E-state index is 14.1. The van der Waals surface area contributed by atoms with E-state index in [1.54, 1.807) is 25.3 Å². The summed E-state index contributed by atoms with van der Waals surface area (Å²) in [5.74, 6) is -0.879. The van der Waals surface area contributed by atoms with Crippen LogP contribution < -0.4 is 4.90 Å². The normalized spacial score (nSPS) is 16.2. The number of hydrogen-bond donors (Lipinski definition) is 0. The molecule has 1 unspecified atom stereocenters. The van der Waals surface area contributed by atoms with Gasteiger partial charge >= 0.3 is 5.97 Å². The molecule has 3 rings (SSSR count). The van der Waals surface area contributed by atoms with Crippen LogP contribution in [0.2, 0.25) is 0 Å². The Balaban J connectivity index is 1.70. The van der Waals surface area contributed by atoms with Crippen molar-refractivity contribution in [3.63, 3.8) is 0 Å². The van der Waals surface area contributed by atoms with Gasteiger partial charge in [-0.1, -0.05) is 6.07 Å². The Bertz CT molecular complexity index is 808. The molecule has 1 fully saturated rings. The summed E-state index contributed by atoms with van der Waals surface area (Å²) in [7, 11) is 0. The Labute approximate surface area is 157 Å². The van der Waals surface area contributed by atoms with Gasteiger partial charge in [-0.3, -0.25) is 4.90 Å². The van der Waals surface area contributed by atoms with Crippen molar-refractivity contribution in [2.75, 3.05) is 37.7 Å². The SMILES string of the molecule is CCOC(=O)c1cccnc1N1CCN(C(C)c2ccc(F)cc2F)CC1. The molecule has 144 valence electrons. The summed E-state index contributed by atoms with van der Waals surface area (Å²) < 4.78 is 32.3. The molecule has 7 heteroatoms. The molecule has 0 bridgehead atoms. The molecule has 0 N–H and O–H groups in total. The van der Waals surface area contributed by atoms with Crippen molar-refractivity contribution < 1.29 is 18.3 Å². The van der Waals surface area contributed by atoms with Crippen molar-refractivity contribution in [1.29, 1.82) is 0 Å². The predicted octanol–water partition coefficient (Wildman–Crippen LogP) is 3.42. The number of hydrogen-bond acceptors (Lipinski definition) is 5. The number of halogens is 2. The molecule has 2 heterocycles. The van der Waals surface area contributed by atoms with E-state index in [0.29, 0.717) is 49.7 Å². The van der Waals surface area contributed by atoms with Crippen molar-refractivity contribution in [2.24, 2.45) is 0 Å². The zero-order valence-electron chi connectivity index (χ0n) is 15.5. The number of anilines is 1. The molecule has 1 saturated heterocycles. The van der Waals surface area contributed by atoms with Crippen molar-refractivity contribution >= 4 is 11.8 Å². The van der Waals surface area contributed by atoms with Crippen molar-refractivity contribution in [3.05, 3.63) is 59.3 Å². The van der Waals surface area contributed by atoms with Gasteiger partial charge in [-0.2, -0.15) is 0 Å². The van der Waals surface area contributed by atoms with E-state index in [1.807, 2.05) is 11.8 Å². The third-order valence-corrected chi connectivity index (χ3v) is 4.86. The zero-order chi connectivity index (χ0) is 19.4. The molecule has 27 heavy (non-hydrogen) atoms. The molecule has 1 aromatic heterocycles. The number of esters is 1. The lowest BCUT2D eigenvalue weighted by atomic mass is 10.1. The second kappa shape index (κ2) is 8.43. The van der Waals surface area contributed by atoms with Crippen LogP contribution in [0, 0.1) is 11.6 Å². The molecule has 5 nitrogen and oxygen atoms in total. The number of nitrogens with zero attached hydrogens (tertiary/aromatic N) is 3. The number of ether oxygens (including phenoxy) is 1. The number of benzene rings is 1. The van der Waals surface area contributed by atoms with E-state index >= 15 is 0 Å². The van der Waals surface area contributed by atoms with Crippen LogP contribution in [0.25, 0.3) is 0 Å². The number of carbonyl (C=O) groups excluding carboxylic acids is 1. The van der Waals surface area contributed by atoms with Crippen LogP contribution in [-0.4, -0.2) is 48.6 Å². The summed E-state index contributed by atoms with van der Waals surface area (Å²) in [4.78, 5) is 20.7. The summed E-state index contributed by atoms with van der Waals surface area (Å²) >= 11 is 0. The number of pyridine rings is 1. The molecule has 1 aromatic carbocycles. The maximum atomic E-state index is 14.1. The Morgan fingerprint density at radius 1 is 1.22 bits per heavy atom. The highest BCUT2D eigenvalue weighted by Crippen LogP contribution is 2.26. The van der Waals surface area contributed by atoms with Crippen LogP contribution in [-0.2, 0) is 4.74 Å². The molecule has 1 aliphatic rings. The van der Waals surface area contributed by atoms with Gasteiger partial charge in [0.1, 0.15) is 23.0 Å². The van der Waals surface area contributed by atoms with Crippen molar-refractivity contribution in [3.8, 4) is 0 Å². The standard InChI is InChI=1S/C20H23F2N3O2/c1-3-27-20(26)17-5-4-8-23-19(17)25-11-9-24(10-12-25)14(2)16-7-6-15(21)13-18(16)22/h4-8,13-14H,3,9-12H2,1-2H3. The molecule has 0 amide bonds. The lowest BCUT2D eigenvalue weighted by Crippen LogP contribution is -2.48. The Morgan fingerprint density at radius 3 is 2.63 bits per heavy atom. The average molecular weight is 375 g/mol. The molecule has 0 saturated carbocycles. The van der Waals surface area contributed by atoms with Gasteiger partial charge in [0.15, 0.2) is 0 Å². The summed E-state index contributed by atoms with van der Waals surface area (Å²) in [5, 5.41) is 0. The fourth-order valence-electron chi connectivity index (χ4n) is 3.38. The molecule has 1 atom stereocenters. The summed E-state index contributed by atoms with van der Waals surface area (Å²) in [6.45, 7) is 6.64. The molecule has 1 aliphatic heterocycles. The Hall–Kier alpha value is -2.54. The first kappa shape index (κ1) is 19.2. The summed E-state index contributed by atoms with van der Waals surface area (Å²) in [6, 6.07) is 6.96. The molecule has 0 spiro atoms. The van der Waals surface area contributed by atoms with Gasteiger partial charge in [-0.05, 0) is 32.0 Å². The highest BCUT2D eigenvalue weighted by Gasteiger charge is 2.27. The van der Waals surface area contributed by atoms with E-state index in [0.717, 1.165) is 6.07 Å². The second-order valence-electron chi connectivity index (χ2n) is 6.46. The summed E-state index contributed by atoms with van der Waals surface area (Å²) in [5.41, 5.74) is 0.931. The zero-order valence-corrected chi connectivity index (χ0v) is 15.5. The van der Waals surface area contributed by atoms with Gasteiger partial charge in [0, 0.05) is 50.0 Å². The van der Waals surface area contributed by atoms with Gasteiger partial charge in [0.25, 0.3) is 0 Å². The number of piperazine rings is 1. The van der Waals surface area contributed by atoms with E-state index in [2.05, 4.69) is 9.88 Å². The van der Waals surface area contributed by atoms with Crippen LogP contribution in [0.15, 0.2) is 36.5 Å². The average Bonchev–Trinajstić information content (AvgIpc) is 2.68. The molecule has 0 aliphatic carbocycles. The highest BCUT2D eigenvalue weighted by molar-refractivity contribution is 5.94. The smallest absolute Gasteiger partial charge is 0.341 e. The molecular formula is C20H23F2N3O2. The van der Waals surface area contributed by atoms with Crippen LogP contribution in [0.5, 0.6) is 0 Å². The number of rotatable bonds is 5. The van der Waals surface area contributed by atoms with Crippen LogP contribution in [0.1, 0.15) is 35.8 Å². The van der Waals surface area contributed by atoms with E-state index in [9.17, 15) is 13.6 Å². The lowest BCUT2D eigenvalue weighted by Gasteiger charge is -2.39. The van der Waals surface area contributed by atoms with Crippen molar-refractivity contribution in [2.45, 2.75) is 19.9 Å². The molecule has 0 radical (unpaired) electrons. The van der Waals surface area contributed by atoms with Gasteiger partial charge < -0.3 is 9.64 Å². The van der Waals surface area contributed by atoms with E-state index < -0.39 is 11.6 Å². The first-order valence-electron chi connectivity index (χ1n) is 9.07. The van der Waals surface area contributed by atoms with Crippen LogP contribution in [0.4, 0.5) is 14.6 Å². The largest absolute Gasteiger partial charge is 0.462 e. The van der Waals surface area contributed by atoms with Crippen molar-refractivity contribution in [1.82, 2.24) is 9.88 Å². The van der Waals surface area contributed by atoms with Gasteiger partial charge in [-0.25, -0.2) is 18.6 Å². The minimum Gasteiger partial charge on any atom is -0.462 e. The molecule has 2 aromatic rings. The summed E-state index contributed by atoms with van der Waals surface area (Å²) in [6.07, 6.45) is 1.65. The molecular weight excluding hydrogens is 352 g/mol. The fourth-order valence-corrected chi connectivity index (χ4v) is 3.38.